The molecule has 6 heteroatoms. The summed E-state index contributed by atoms with van der Waals surface area (Å²) in [6.07, 6.45) is 6.01. The van der Waals surface area contributed by atoms with Crippen molar-refractivity contribution in [2.75, 3.05) is 0 Å². The molecule has 0 unspecified atom stereocenters. The smallest absolute Gasteiger partial charge is 0.167 e. The molecule has 26 heavy (non-hydrogen) atoms. The molecule has 1 aromatic rings. The van der Waals surface area contributed by atoms with Gasteiger partial charge in [-0.15, -0.1) is 0 Å². The monoisotopic (exact) mass is 352 g/mol. The van der Waals surface area contributed by atoms with E-state index in [1.165, 1.54) is 12.4 Å². The summed E-state index contributed by atoms with van der Waals surface area (Å²) in [4.78, 5) is 32.0. The molecular formula is C20H20N2O4. The molecule has 2 N–H and O–H groups in total. The van der Waals surface area contributed by atoms with Gasteiger partial charge in [0.15, 0.2) is 11.6 Å². The second-order valence-electron chi connectivity index (χ2n) is 6.31. The van der Waals surface area contributed by atoms with Crippen LogP contribution in [-0.4, -0.2) is 34.2 Å². The van der Waals surface area contributed by atoms with Gasteiger partial charge < -0.3 is 10.2 Å². The van der Waals surface area contributed by atoms with E-state index in [0.29, 0.717) is 49.9 Å². The molecule has 134 valence electrons. The summed E-state index contributed by atoms with van der Waals surface area (Å²) in [5.41, 5.74) is 1.80. The second-order valence-corrected chi connectivity index (χ2v) is 6.31. The van der Waals surface area contributed by atoms with E-state index < -0.39 is 0 Å². The van der Waals surface area contributed by atoms with E-state index in [1.54, 1.807) is 24.3 Å². The number of ketones is 2. The van der Waals surface area contributed by atoms with Crippen LogP contribution in [-0.2, 0) is 9.59 Å². The van der Waals surface area contributed by atoms with Gasteiger partial charge in [0, 0.05) is 38.1 Å². The van der Waals surface area contributed by atoms with Crippen LogP contribution in [0.3, 0.4) is 0 Å². The maximum atomic E-state index is 11.8. The molecule has 0 bridgehead atoms. The highest BCUT2D eigenvalue weighted by Crippen LogP contribution is 2.23. The third-order valence-corrected chi connectivity index (χ3v) is 4.39. The lowest BCUT2D eigenvalue weighted by Crippen LogP contribution is -2.12. The van der Waals surface area contributed by atoms with Gasteiger partial charge in [0.1, 0.15) is 11.5 Å². The van der Waals surface area contributed by atoms with Crippen LogP contribution in [0, 0.1) is 0 Å². The molecule has 2 aliphatic rings. The number of nitrogens with zero attached hydrogens (tertiary/aromatic N) is 2. The molecule has 1 aromatic carbocycles. The van der Waals surface area contributed by atoms with Crippen LogP contribution in [0.25, 0.3) is 0 Å². The summed E-state index contributed by atoms with van der Waals surface area (Å²) in [5.74, 6) is 0.000747. The Morgan fingerprint density at radius 3 is 1.42 bits per heavy atom. The van der Waals surface area contributed by atoms with Crippen LogP contribution in [0.5, 0.6) is 0 Å². The Kier molecular flexibility index (Phi) is 5.41. The highest BCUT2D eigenvalue weighted by molar-refractivity contribution is 6.15. The number of Topliss-reactive ketones (excluding diaryl/α,β-unsaturated/α-hetero) is 2. The molecule has 3 rings (SSSR count). The number of aliphatic imine (C=N–C) groups is 2. The van der Waals surface area contributed by atoms with Crippen molar-refractivity contribution in [3.05, 3.63) is 46.9 Å². The molecule has 2 aliphatic carbocycles. The van der Waals surface area contributed by atoms with Gasteiger partial charge in [-0.2, -0.15) is 0 Å². The van der Waals surface area contributed by atoms with Crippen molar-refractivity contribution in [1.82, 2.24) is 0 Å². The first-order valence-corrected chi connectivity index (χ1v) is 8.63. The number of aliphatic hydroxyl groups excluding tert-OH is 2. The second kappa shape index (κ2) is 7.91. The number of carbonyl (C=O) groups excluding carboxylic acids is 2. The van der Waals surface area contributed by atoms with E-state index in [2.05, 4.69) is 9.98 Å². The molecule has 6 nitrogen and oxygen atoms in total. The van der Waals surface area contributed by atoms with Crippen molar-refractivity contribution in [2.24, 2.45) is 9.98 Å². The molecule has 0 aromatic heterocycles. The van der Waals surface area contributed by atoms with Gasteiger partial charge in [-0.05, 0) is 37.1 Å². The average molecular weight is 352 g/mol. The fourth-order valence-electron chi connectivity index (χ4n) is 2.89. The lowest BCUT2D eigenvalue weighted by Gasteiger charge is -2.11. The lowest BCUT2D eigenvalue weighted by atomic mass is 9.97. The molecule has 0 atom stereocenters. The van der Waals surface area contributed by atoms with Gasteiger partial charge in [0.05, 0.1) is 22.5 Å². The Morgan fingerprint density at radius 1 is 0.692 bits per heavy atom. The normalized spacial score (nSPS) is 19.2. The highest BCUT2D eigenvalue weighted by Gasteiger charge is 2.19. The number of aliphatic hydroxyl groups is 2. The van der Waals surface area contributed by atoms with Crippen molar-refractivity contribution >= 4 is 35.4 Å². The zero-order chi connectivity index (χ0) is 18.5. The molecule has 0 fully saturated rings. The number of allylic oxidation sites excluding steroid dienone is 4. The molecule has 0 radical (unpaired) electrons. The van der Waals surface area contributed by atoms with Crippen molar-refractivity contribution in [3.8, 4) is 0 Å². The number of hydrogen-bond acceptors (Lipinski definition) is 6. The van der Waals surface area contributed by atoms with E-state index in [1.807, 2.05) is 0 Å². The average Bonchev–Trinajstić information content (AvgIpc) is 2.62. The van der Waals surface area contributed by atoms with Crippen LogP contribution in [0.15, 0.2) is 56.9 Å². The summed E-state index contributed by atoms with van der Waals surface area (Å²) < 4.78 is 0. The van der Waals surface area contributed by atoms with Gasteiger partial charge in [-0.3, -0.25) is 19.6 Å². The summed E-state index contributed by atoms with van der Waals surface area (Å²) >= 11 is 0. The van der Waals surface area contributed by atoms with Crippen LogP contribution < -0.4 is 0 Å². The minimum absolute atomic E-state index is 0.0936. The number of carbonyl (C=O) groups is 2. The summed E-state index contributed by atoms with van der Waals surface area (Å²) in [5, 5.41) is 19.6. The zero-order valence-electron chi connectivity index (χ0n) is 14.3. The predicted octanol–water partition coefficient (Wildman–Crippen LogP) is 4.22. The first kappa shape index (κ1) is 17.8. The van der Waals surface area contributed by atoms with Crippen molar-refractivity contribution < 1.29 is 19.8 Å². The topological polar surface area (TPSA) is 99.3 Å². The minimum Gasteiger partial charge on any atom is -0.512 e. The van der Waals surface area contributed by atoms with Gasteiger partial charge in [-0.25, -0.2) is 0 Å². The lowest BCUT2D eigenvalue weighted by molar-refractivity contribution is -0.116. The molecule has 0 spiro atoms. The SMILES string of the molecule is O=C1CCCC(O)=C1C=Nc1ccc(N=CC2=C(O)CCCC2=O)cc1. The first-order chi connectivity index (χ1) is 12.5. The third-order valence-electron chi connectivity index (χ3n) is 4.39. The molecule has 0 heterocycles. The van der Waals surface area contributed by atoms with Crippen LogP contribution in [0.1, 0.15) is 38.5 Å². The molecule has 0 aliphatic heterocycles. The summed E-state index contributed by atoms with van der Waals surface area (Å²) in [7, 11) is 0. The Bertz CT molecular complexity index is 774. The number of benzene rings is 1. The van der Waals surface area contributed by atoms with Crippen LogP contribution in [0.2, 0.25) is 0 Å². The largest absolute Gasteiger partial charge is 0.512 e. The zero-order valence-corrected chi connectivity index (χ0v) is 14.3. The maximum absolute atomic E-state index is 11.8. The van der Waals surface area contributed by atoms with Gasteiger partial charge in [-0.1, -0.05) is 0 Å². The van der Waals surface area contributed by atoms with Gasteiger partial charge >= 0.3 is 0 Å². The Labute approximate surface area is 151 Å². The fraction of sp³-hybridized carbons (Fsp3) is 0.300. The third kappa shape index (κ3) is 4.14. The highest BCUT2D eigenvalue weighted by atomic mass is 16.3. The van der Waals surface area contributed by atoms with E-state index in [-0.39, 0.29) is 34.2 Å². The van der Waals surface area contributed by atoms with E-state index in [9.17, 15) is 19.8 Å². The van der Waals surface area contributed by atoms with E-state index in [0.717, 1.165) is 0 Å². The Morgan fingerprint density at radius 2 is 1.08 bits per heavy atom. The van der Waals surface area contributed by atoms with Crippen molar-refractivity contribution in [3.63, 3.8) is 0 Å². The van der Waals surface area contributed by atoms with E-state index >= 15 is 0 Å². The summed E-state index contributed by atoms with van der Waals surface area (Å²) in [6.45, 7) is 0. The molecule has 0 amide bonds. The quantitative estimate of drug-likeness (QED) is 0.792. The molecular weight excluding hydrogens is 332 g/mol. The number of hydrogen-bond donors (Lipinski definition) is 2. The summed E-state index contributed by atoms with van der Waals surface area (Å²) in [6, 6.07) is 6.91. The minimum atomic E-state index is -0.0936. The maximum Gasteiger partial charge on any atom is 0.167 e. The molecule has 0 saturated heterocycles. The van der Waals surface area contributed by atoms with Crippen molar-refractivity contribution in [2.45, 2.75) is 38.5 Å². The van der Waals surface area contributed by atoms with Crippen LogP contribution in [0.4, 0.5) is 11.4 Å². The van der Waals surface area contributed by atoms with Gasteiger partial charge in [0.25, 0.3) is 0 Å². The Hall–Kier alpha value is -3.02. The molecule has 0 saturated carbocycles. The first-order valence-electron chi connectivity index (χ1n) is 8.63. The van der Waals surface area contributed by atoms with Gasteiger partial charge in [0.2, 0.25) is 0 Å². The van der Waals surface area contributed by atoms with Crippen LogP contribution >= 0.6 is 0 Å². The number of rotatable bonds is 4. The van der Waals surface area contributed by atoms with E-state index in [4.69, 9.17) is 0 Å². The standard InChI is InChI=1S/C20H20N2O4/c23-17-3-1-4-18(24)15(17)11-21-13-7-9-14(10-8-13)22-12-16-19(25)5-2-6-20(16)26/h7-12,23,25H,1-6H2. The predicted molar refractivity (Wildman–Crippen MR) is 99.8 cm³/mol. The fourth-order valence-corrected chi connectivity index (χ4v) is 2.89. The van der Waals surface area contributed by atoms with Crippen molar-refractivity contribution in [1.29, 1.82) is 0 Å². The Balaban J connectivity index is 1.71.